The molecule has 2 aliphatic rings. The smallest absolute Gasteiger partial charge is 0.229 e. The van der Waals surface area contributed by atoms with Gasteiger partial charge in [0.2, 0.25) is 6.29 Å². The van der Waals surface area contributed by atoms with Gasteiger partial charge >= 0.3 is 0 Å². The molecule has 0 spiro atoms. The van der Waals surface area contributed by atoms with Crippen LogP contribution in [-0.4, -0.2) is 79.2 Å². The standard InChI is InChI=1S/C21H24O10/c22-8-16-17(26)18(27)19(28)21(31-16)30-15-6-10(2-4-12(15)24)20-13(25)5-9-1-3-11(23)7-14(9)29-20/h1-4,6-7,13,16-28H,5,8H2/t13-,16+,17+,18-,19+,20+,21+/m0/s1. The van der Waals surface area contributed by atoms with E-state index in [1.54, 1.807) is 6.07 Å². The second-order valence-corrected chi connectivity index (χ2v) is 7.64. The van der Waals surface area contributed by atoms with E-state index in [9.17, 15) is 35.7 Å². The SMILES string of the molecule is OC[C@H]1O[C@@H](Oc2cc([C@H]3Oc4cc(O)ccc4C[C@@H]3O)ccc2O)[C@H](O)[C@@H](O)[C@@H]1O. The molecule has 0 radical (unpaired) electrons. The molecule has 7 atom stereocenters. The summed E-state index contributed by atoms with van der Waals surface area (Å²) in [6.07, 6.45) is -8.92. The molecule has 0 aromatic heterocycles. The molecule has 0 amide bonds. The maximum atomic E-state index is 10.5. The number of benzene rings is 2. The molecule has 168 valence electrons. The van der Waals surface area contributed by atoms with Gasteiger partial charge in [0.15, 0.2) is 11.5 Å². The average molecular weight is 436 g/mol. The number of aromatic hydroxyl groups is 2. The van der Waals surface area contributed by atoms with Crippen LogP contribution in [0.2, 0.25) is 0 Å². The lowest BCUT2D eigenvalue weighted by Gasteiger charge is -2.39. The lowest BCUT2D eigenvalue weighted by Crippen LogP contribution is -2.60. The largest absolute Gasteiger partial charge is 0.508 e. The van der Waals surface area contributed by atoms with Crippen LogP contribution in [0.15, 0.2) is 36.4 Å². The quantitative estimate of drug-likeness (QED) is 0.326. The van der Waals surface area contributed by atoms with Crippen LogP contribution in [0.3, 0.4) is 0 Å². The first-order valence-electron chi connectivity index (χ1n) is 9.75. The summed E-state index contributed by atoms with van der Waals surface area (Å²) >= 11 is 0. The van der Waals surface area contributed by atoms with Crippen LogP contribution < -0.4 is 9.47 Å². The molecule has 1 saturated heterocycles. The van der Waals surface area contributed by atoms with E-state index in [0.29, 0.717) is 11.3 Å². The number of aliphatic hydroxyl groups is 5. The molecule has 2 aromatic rings. The van der Waals surface area contributed by atoms with Crippen LogP contribution in [0, 0.1) is 0 Å². The number of hydrogen-bond donors (Lipinski definition) is 7. The number of hydrogen-bond acceptors (Lipinski definition) is 10. The first kappa shape index (κ1) is 21.6. The normalized spacial score (nSPS) is 32.7. The molecule has 10 heteroatoms. The molecule has 2 aliphatic heterocycles. The third-order valence-electron chi connectivity index (χ3n) is 5.49. The molecule has 0 bridgehead atoms. The van der Waals surface area contributed by atoms with Gasteiger partial charge in [-0.2, -0.15) is 0 Å². The number of rotatable bonds is 4. The van der Waals surface area contributed by atoms with Gasteiger partial charge in [-0.1, -0.05) is 12.1 Å². The fourth-order valence-electron chi connectivity index (χ4n) is 3.75. The van der Waals surface area contributed by atoms with Gasteiger partial charge < -0.3 is 50.0 Å². The van der Waals surface area contributed by atoms with Gasteiger partial charge in [0.25, 0.3) is 0 Å². The van der Waals surface area contributed by atoms with Crippen LogP contribution >= 0.6 is 0 Å². The molecule has 2 heterocycles. The molecule has 10 nitrogen and oxygen atoms in total. The maximum Gasteiger partial charge on any atom is 0.229 e. The Kier molecular flexibility index (Phi) is 5.93. The summed E-state index contributed by atoms with van der Waals surface area (Å²) in [4.78, 5) is 0. The molecule has 2 aromatic carbocycles. The fourth-order valence-corrected chi connectivity index (χ4v) is 3.75. The number of ether oxygens (including phenoxy) is 3. The van der Waals surface area contributed by atoms with E-state index in [2.05, 4.69) is 0 Å². The number of phenols is 2. The molecule has 1 fully saturated rings. The van der Waals surface area contributed by atoms with Crippen molar-refractivity contribution >= 4 is 0 Å². The van der Waals surface area contributed by atoms with Gasteiger partial charge in [0.05, 0.1) is 12.7 Å². The van der Waals surface area contributed by atoms with Crippen molar-refractivity contribution in [2.45, 2.75) is 49.3 Å². The van der Waals surface area contributed by atoms with Crippen LogP contribution in [0.4, 0.5) is 0 Å². The molecule has 0 saturated carbocycles. The summed E-state index contributed by atoms with van der Waals surface area (Å²) in [6.45, 7) is -0.620. The van der Waals surface area contributed by atoms with Gasteiger partial charge in [0.1, 0.15) is 42.0 Å². The van der Waals surface area contributed by atoms with Crippen molar-refractivity contribution in [2.24, 2.45) is 0 Å². The van der Waals surface area contributed by atoms with Gasteiger partial charge in [-0.05, 0) is 29.3 Å². The number of phenolic OH excluding ortho intramolecular Hbond substituents is 2. The van der Waals surface area contributed by atoms with Crippen molar-refractivity contribution in [3.8, 4) is 23.0 Å². The van der Waals surface area contributed by atoms with Crippen molar-refractivity contribution in [2.75, 3.05) is 6.61 Å². The lowest BCUT2D eigenvalue weighted by atomic mass is 9.94. The van der Waals surface area contributed by atoms with E-state index in [4.69, 9.17) is 14.2 Å². The summed E-state index contributed by atoms with van der Waals surface area (Å²) in [6, 6.07) is 8.83. The maximum absolute atomic E-state index is 10.5. The van der Waals surface area contributed by atoms with Crippen LogP contribution in [-0.2, 0) is 11.2 Å². The molecular weight excluding hydrogens is 412 g/mol. The highest BCUT2D eigenvalue weighted by molar-refractivity contribution is 5.46. The van der Waals surface area contributed by atoms with Crippen molar-refractivity contribution in [3.05, 3.63) is 47.5 Å². The topological polar surface area (TPSA) is 169 Å². The predicted octanol–water partition coefficient (Wildman–Crippen LogP) is -0.686. The van der Waals surface area contributed by atoms with Gasteiger partial charge in [0, 0.05) is 12.5 Å². The number of fused-ring (bicyclic) bond motifs is 1. The summed E-state index contributed by atoms with van der Waals surface area (Å²) in [5.74, 6) is 0.00871. The lowest BCUT2D eigenvalue weighted by molar-refractivity contribution is -0.277. The molecule has 0 aliphatic carbocycles. The summed E-state index contributed by atoms with van der Waals surface area (Å²) in [5.41, 5.74) is 1.18. The Labute approximate surface area is 177 Å². The Hall–Kier alpha value is -2.60. The minimum Gasteiger partial charge on any atom is -0.508 e. The highest BCUT2D eigenvalue weighted by Crippen LogP contribution is 2.40. The van der Waals surface area contributed by atoms with Crippen molar-refractivity contribution in [3.63, 3.8) is 0 Å². The van der Waals surface area contributed by atoms with Crippen molar-refractivity contribution < 1.29 is 50.0 Å². The zero-order valence-electron chi connectivity index (χ0n) is 16.3. The summed E-state index contributed by atoms with van der Waals surface area (Å²) in [5, 5.41) is 69.7. The molecule has 7 N–H and O–H groups in total. The first-order valence-corrected chi connectivity index (χ1v) is 9.75. The van der Waals surface area contributed by atoms with Crippen LogP contribution in [0.1, 0.15) is 17.2 Å². The van der Waals surface area contributed by atoms with Crippen LogP contribution in [0.5, 0.6) is 23.0 Å². The zero-order valence-corrected chi connectivity index (χ0v) is 16.3. The van der Waals surface area contributed by atoms with E-state index in [1.807, 2.05) is 0 Å². The van der Waals surface area contributed by atoms with Crippen LogP contribution in [0.25, 0.3) is 0 Å². The minimum atomic E-state index is -1.65. The third kappa shape index (κ3) is 4.13. The third-order valence-corrected chi connectivity index (χ3v) is 5.49. The van der Waals surface area contributed by atoms with Gasteiger partial charge in [-0.25, -0.2) is 0 Å². The second-order valence-electron chi connectivity index (χ2n) is 7.64. The Bertz CT molecular complexity index is 932. The minimum absolute atomic E-state index is 0.0197. The second kappa shape index (κ2) is 8.50. The van der Waals surface area contributed by atoms with Gasteiger partial charge in [-0.15, -0.1) is 0 Å². The Morgan fingerprint density at radius 1 is 0.935 bits per heavy atom. The monoisotopic (exact) mass is 436 g/mol. The highest BCUT2D eigenvalue weighted by Gasteiger charge is 2.45. The van der Waals surface area contributed by atoms with E-state index in [-0.39, 0.29) is 23.7 Å². The Balaban J connectivity index is 1.58. The van der Waals surface area contributed by atoms with Crippen molar-refractivity contribution in [1.29, 1.82) is 0 Å². The van der Waals surface area contributed by atoms with E-state index >= 15 is 0 Å². The highest BCUT2D eigenvalue weighted by atomic mass is 16.7. The first-order chi connectivity index (χ1) is 14.8. The zero-order chi connectivity index (χ0) is 22.3. The summed E-state index contributed by atoms with van der Waals surface area (Å²) < 4.78 is 16.7. The Morgan fingerprint density at radius 2 is 1.71 bits per heavy atom. The molecule has 31 heavy (non-hydrogen) atoms. The molecular formula is C21H24O10. The number of aliphatic hydroxyl groups excluding tert-OH is 5. The fraction of sp³-hybridized carbons (Fsp3) is 0.429. The van der Waals surface area contributed by atoms with E-state index < -0.39 is 49.5 Å². The van der Waals surface area contributed by atoms with E-state index in [0.717, 1.165) is 5.56 Å². The summed E-state index contributed by atoms with van der Waals surface area (Å²) in [7, 11) is 0. The molecule has 4 rings (SSSR count). The van der Waals surface area contributed by atoms with Crippen molar-refractivity contribution in [1.82, 2.24) is 0 Å². The molecule has 0 unspecified atom stereocenters. The van der Waals surface area contributed by atoms with Gasteiger partial charge in [-0.3, -0.25) is 0 Å². The van der Waals surface area contributed by atoms with E-state index in [1.165, 1.54) is 30.3 Å². The Morgan fingerprint density at radius 3 is 2.45 bits per heavy atom. The average Bonchev–Trinajstić information content (AvgIpc) is 2.75. The predicted molar refractivity (Wildman–Crippen MR) is 104 cm³/mol.